The molecule has 0 bridgehead atoms. The highest BCUT2D eigenvalue weighted by Crippen LogP contribution is 2.32. The third kappa shape index (κ3) is 4.42. The number of fused-ring (bicyclic) bond motifs is 1. The number of thiazole rings is 1. The Balaban J connectivity index is 1.47. The summed E-state index contributed by atoms with van der Waals surface area (Å²) in [5.41, 5.74) is 1.51. The zero-order valence-electron chi connectivity index (χ0n) is 16.1. The van der Waals surface area contributed by atoms with Gasteiger partial charge in [-0.3, -0.25) is 5.32 Å². The first-order chi connectivity index (χ1) is 13.8. The van der Waals surface area contributed by atoms with Crippen molar-refractivity contribution < 1.29 is 13.2 Å². The maximum absolute atomic E-state index is 13.1. The zero-order valence-corrected chi connectivity index (χ0v) is 18.5. The van der Waals surface area contributed by atoms with Crippen LogP contribution in [-0.2, 0) is 23.0 Å². The van der Waals surface area contributed by atoms with Crippen LogP contribution in [0.4, 0.5) is 9.93 Å². The number of urea groups is 1. The van der Waals surface area contributed by atoms with Crippen molar-refractivity contribution in [2.24, 2.45) is 0 Å². The van der Waals surface area contributed by atoms with Crippen molar-refractivity contribution in [3.8, 4) is 0 Å². The van der Waals surface area contributed by atoms with E-state index in [1.807, 2.05) is 0 Å². The minimum Gasteiger partial charge on any atom is -0.335 e. The minimum absolute atomic E-state index is 0.228. The van der Waals surface area contributed by atoms with Gasteiger partial charge in [0.1, 0.15) is 0 Å². The molecule has 0 radical (unpaired) electrons. The molecular formula is C19H23ClN4O3S2. The number of aromatic nitrogens is 1. The van der Waals surface area contributed by atoms with E-state index < -0.39 is 10.0 Å². The average Bonchev–Trinajstić information content (AvgIpc) is 3.31. The van der Waals surface area contributed by atoms with E-state index >= 15 is 0 Å². The van der Waals surface area contributed by atoms with Crippen molar-refractivity contribution in [2.45, 2.75) is 56.5 Å². The van der Waals surface area contributed by atoms with Gasteiger partial charge in [-0.05, 0) is 37.5 Å². The van der Waals surface area contributed by atoms with Crippen molar-refractivity contribution in [3.63, 3.8) is 0 Å². The Morgan fingerprint density at radius 3 is 2.83 bits per heavy atom. The van der Waals surface area contributed by atoms with Gasteiger partial charge in [0.25, 0.3) is 0 Å². The zero-order chi connectivity index (χ0) is 20.6. The fourth-order valence-electron chi connectivity index (χ4n) is 3.81. The number of benzene rings is 1. The van der Waals surface area contributed by atoms with E-state index in [1.54, 1.807) is 19.1 Å². The Bertz CT molecular complexity index is 1030. The lowest BCUT2D eigenvalue weighted by Crippen LogP contribution is -2.36. The first kappa shape index (κ1) is 20.6. The summed E-state index contributed by atoms with van der Waals surface area (Å²) in [6.07, 6.45) is 4.82. The third-order valence-electron chi connectivity index (χ3n) is 5.38. The fourth-order valence-corrected chi connectivity index (χ4v) is 6.81. The number of amides is 2. The van der Waals surface area contributed by atoms with Crippen LogP contribution in [0, 0.1) is 6.92 Å². The van der Waals surface area contributed by atoms with Gasteiger partial charge in [0.15, 0.2) is 5.13 Å². The second-order valence-corrected chi connectivity index (χ2v) is 10.9. The van der Waals surface area contributed by atoms with Gasteiger partial charge in [0.2, 0.25) is 10.0 Å². The first-order valence-corrected chi connectivity index (χ1v) is 12.3. The lowest BCUT2D eigenvalue weighted by atomic mass is 10.2. The Morgan fingerprint density at radius 1 is 1.31 bits per heavy atom. The molecule has 156 valence electrons. The van der Waals surface area contributed by atoms with Gasteiger partial charge in [-0.15, -0.1) is 0 Å². The van der Waals surface area contributed by atoms with Crippen molar-refractivity contribution in [1.29, 1.82) is 0 Å². The van der Waals surface area contributed by atoms with Gasteiger partial charge in [-0.25, -0.2) is 18.2 Å². The standard InChI is InChI=1S/C19H23ClN4O3S2/c1-12-6-7-13(20)10-17(12)29(26,27)24-9-8-15-16(11-24)28-19(22-15)23-18(25)21-14-4-2-3-5-14/h6-7,10,14H,2-5,8-9,11H2,1H3,(H2,21,22,23,25). The van der Waals surface area contributed by atoms with E-state index in [0.717, 1.165) is 36.3 Å². The molecule has 1 aromatic heterocycles. The number of anilines is 1. The highest BCUT2D eigenvalue weighted by molar-refractivity contribution is 7.89. The van der Waals surface area contributed by atoms with Gasteiger partial charge < -0.3 is 5.32 Å². The van der Waals surface area contributed by atoms with Crippen molar-refractivity contribution >= 4 is 44.1 Å². The van der Waals surface area contributed by atoms with E-state index in [4.69, 9.17) is 11.6 Å². The normalized spacial score (nSPS) is 17.9. The van der Waals surface area contributed by atoms with Gasteiger partial charge in [0.05, 0.1) is 17.1 Å². The van der Waals surface area contributed by atoms with Gasteiger partial charge in [-0.1, -0.05) is 41.8 Å². The van der Waals surface area contributed by atoms with E-state index in [2.05, 4.69) is 15.6 Å². The summed E-state index contributed by atoms with van der Waals surface area (Å²) < 4.78 is 27.7. The number of carbonyl (C=O) groups is 1. The van der Waals surface area contributed by atoms with Gasteiger partial charge in [0, 0.05) is 28.9 Å². The van der Waals surface area contributed by atoms with Crippen molar-refractivity contribution in [1.82, 2.24) is 14.6 Å². The Morgan fingerprint density at radius 2 is 2.07 bits per heavy atom. The maximum Gasteiger partial charge on any atom is 0.321 e. The molecule has 0 atom stereocenters. The maximum atomic E-state index is 13.1. The molecule has 2 aliphatic rings. The molecule has 4 rings (SSSR count). The number of sulfonamides is 1. The lowest BCUT2D eigenvalue weighted by molar-refractivity contribution is 0.248. The first-order valence-electron chi connectivity index (χ1n) is 9.65. The number of halogens is 1. The Kier molecular flexibility index (Phi) is 5.83. The summed E-state index contributed by atoms with van der Waals surface area (Å²) in [6, 6.07) is 4.87. The van der Waals surface area contributed by atoms with E-state index in [0.29, 0.717) is 28.7 Å². The number of aryl methyl sites for hydroxylation is 1. The van der Waals surface area contributed by atoms with Crippen LogP contribution in [0.15, 0.2) is 23.1 Å². The topological polar surface area (TPSA) is 91.4 Å². The van der Waals surface area contributed by atoms with Gasteiger partial charge in [-0.2, -0.15) is 4.31 Å². The highest BCUT2D eigenvalue weighted by Gasteiger charge is 2.31. The molecule has 2 heterocycles. The fraction of sp³-hybridized carbons (Fsp3) is 0.474. The summed E-state index contributed by atoms with van der Waals surface area (Å²) in [4.78, 5) is 17.8. The van der Waals surface area contributed by atoms with Crippen LogP contribution in [0.2, 0.25) is 5.02 Å². The summed E-state index contributed by atoms with van der Waals surface area (Å²) >= 11 is 7.35. The number of carbonyl (C=O) groups excluding carboxylic acids is 1. The number of nitrogens with one attached hydrogen (secondary N) is 2. The monoisotopic (exact) mass is 454 g/mol. The second-order valence-electron chi connectivity index (χ2n) is 7.47. The summed E-state index contributed by atoms with van der Waals surface area (Å²) in [6.45, 7) is 2.35. The molecule has 10 heteroatoms. The van der Waals surface area contributed by atoms with Crippen LogP contribution in [0.25, 0.3) is 0 Å². The molecule has 1 aliphatic carbocycles. The van der Waals surface area contributed by atoms with E-state index in [-0.39, 0.29) is 23.5 Å². The molecule has 1 fully saturated rings. The van der Waals surface area contributed by atoms with Crippen LogP contribution in [0.1, 0.15) is 41.8 Å². The Hall–Kier alpha value is -1.68. The quantitative estimate of drug-likeness (QED) is 0.732. The number of hydrogen-bond donors (Lipinski definition) is 2. The summed E-state index contributed by atoms with van der Waals surface area (Å²) in [7, 11) is -3.66. The molecule has 0 unspecified atom stereocenters. The van der Waals surface area contributed by atoms with Crippen molar-refractivity contribution in [3.05, 3.63) is 39.4 Å². The minimum atomic E-state index is -3.66. The molecule has 2 amide bonds. The third-order valence-corrected chi connectivity index (χ3v) is 8.60. The predicted molar refractivity (Wildman–Crippen MR) is 114 cm³/mol. The van der Waals surface area contributed by atoms with Crippen LogP contribution < -0.4 is 10.6 Å². The van der Waals surface area contributed by atoms with Crippen LogP contribution in [0.3, 0.4) is 0 Å². The molecule has 29 heavy (non-hydrogen) atoms. The molecule has 1 aliphatic heterocycles. The molecule has 0 saturated heterocycles. The van der Waals surface area contributed by atoms with Gasteiger partial charge >= 0.3 is 6.03 Å². The highest BCUT2D eigenvalue weighted by atomic mass is 35.5. The molecule has 1 saturated carbocycles. The molecular weight excluding hydrogens is 432 g/mol. The van der Waals surface area contributed by atoms with E-state index in [9.17, 15) is 13.2 Å². The molecule has 0 spiro atoms. The SMILES string of the molecule is Cc1ccc(Cl)cc1S(=O)(=O)N1CCc2nc(NC(=O)NC3CCCC3)sc2C1. The van der Waals surface area contributed by atoms with Crippen molar-refractivity contribution in [2.75, 3.05) is 11.9 Å². The average molecular weight is 455 g/mol. The summed E-state index contributed by atoms with van der Waals surface area (Å²) in [5.74, 6) is 0. The van der Waals surface area contributed by atoms with Crippen LogP contribution in [0.5, 0.6) is 0 Å². The van der Waals surface area contributed by atoms with E-state index in [1.165, 1.54) is 21.7 Å². The number of nitrogens with zero attached hydrogens (tertiary/aromatic N) is 2. The second kappa shape index (κ2) is 8.22. The Labute approximate surface area is 179 Å². The predicted octanol–water partition coefficient (Wildman–Crippen LogP) is 3.92. The lowest BCUT2D eigenvalue weighted by Gasteiger charge is -2.26. The van der Waals surface area contributed by atoms with Crippen LogP contribution >= 0.6 is 22.9 Å². The summed E-state index contributed by atoms with van der Waals surface area (Å²) in [5, 5.41) is 6.67. The molecule has 2 aromatic rings. The number of hydrogen-bond acceptors (Lipinski definition) is 5. The van der Waals surface area contributed by atoms with Crippen LogP contribution in [-0.4, -0.2) is 36.3 Å². The molecule has 2 N–H and O–H groups in total. The largest absolute Gasteiger partial charge is 0.335 e. The number of rotatable bonds is 4. The molecule has 7 nitrogen and oxygen atoms in total. The molecule has 1 aromatic carbocycles. The smallest absolute Gasteiger partial charge is 0.321 e.